The second kappa shape index (κ2) is 15.3. The lowest BCUT2D eigenvalue weighted by Gasteiger charge is -2.40. The third-order valence-electron chi connectivity index (χ3n) is 7.97. The molecule has 8 nitrogen and oxygen atoms in total. The molecule has 0 saturated carbocycles. The number of rotatable bonds is 9. The Morgan fingerprint density at radius 3 is 1.78 bits per heavy atom. The molecule has 2 heterocycles. The normalized spacial score (nSPS) is 18.3. The van der Waals surface area contributed by atoms with E-state index in [4.69, 9.17) is 15.6 Å². The van der Waals surface area contributed by atoms with Gasteiger partial charge in [-0.15, -0.1) is 0 Å². The van der Waals surface area contributed by atoms with Gasteiger partial charge in [-0.3, -0.25) is 14.6 Å². The molecule has 226 valence electrons. The van der Waals surface area contributed by atoms with Crippen LogP contribution in [0.15, 0.2) is 54.6 Å². The molecule has 2 fully saturated rings. The first kappa shape index (κ1) is 32.5. The predicted molar refractivity (Wildman–Crippen MR) is 152 cm³/mol. The minimum atomic E-state index is -5.08. The summed E-state index contributed by atoms with van der Waals surface area (Å²) in [6.45, 7) is 12.7. The number of alkyl halides is 3. The van der Waals surface area contributed by atoms with Crippen molar-refractivity contribution in [1.82, 2.24) is 20.0 Å². The van der Waals surface area contributed by atoms with E-state index in [1.54, 1.807) is 0 Å². The van der Waals surface area contributed by atoms with Crippen LogP contribution >= 0.6 is 0 Å². The van der Waals surface area contributed by atoms with Gasteiger partial charge in [0.05, 0.1) is 5.41 Å². The number of halogens is 3. The number of likely N-dealkylation sites (N-methyl/N-ethyl adjacent to an activating group) is 1. The highest BCUT2D eigenvalue weighted by molar-refractivity contribution is 5.83. The molecule has 2 saturated heterocycles. The largest absolute Gasteiger partial charge is 0.490 e. The number of amides is 1. The summed E-state index contributed by atoms with van der Waals surface area (Å²) in [6.07, 6.45) is -3.46. The number of hydrogen-bond donors (Lipinski definition) is 3. The third-order valence-corrected chi connectivity index (χ3v) is 7.97. The van der Waals surface area contributed by atoms with Crippen LogP contribution in [0.2, 0.25) is 0 Å². The molecule has 0 aromatic heterocycles. The molecule has 4 rings (SSSR count). The van der Waals surface area contributed by atoms with Crippen LogP contribution in [0.25, 0.3) is 0 Å². The first-order chi connectivity index (χ1) is 19.5. The molecule has 0 unspecified atom stereocenters. The first-order valence-corrected chi connectivity index (χ1v) is 14.1. The van der Waals surface area contributed by atoms with Crippen molar-refractivity contribution in [1.29, 1.82) is 0 Å². The van der Waals surface area contributed by atoms with E-state index in [1.165, 1.54) is 11.1 Å². The molecular weight excluding hydrogens is 535 g/mol. The van der Waals surface area contributed by atoms with Crippen molar-refractivity contribution in [2.45, 2.75) is 45.6 Å². The molecule has 11 heteroatoms. The van der Waals surface area contributed by atoms with Crippen LogP contribution in [-0.4, -0.2) is 90.2 Å². The molecule has 2 aliphatic rings. The first-order valence-electron chi connectivity index (χ1n) is 14.1. The van der Waals surface area contributed by atoms with Crippen LogP contribution in [0.3, 0.4) is 0 Å². The fourth-order valence-corrected chi connectivity index (χ4v) is 5.16. The number of piperidine rings is 1. The van der Waals surface area contributed by atoms with E-state index in [0.717, 1.165) is 77.3 Å². The van der Waals surface area contributed by atoms with Crippen LogP contribution in [0.4, 0.5) is 13.2 Å². The summed E-state index contributed by atoms with van der Waals surface area (Å²) in [5.41, 5.74) is 9.49. The van der Waals surface area contributed by atoms with Gasteiger partial charge in [-0.1, -0.05) is 61.5 Å². The number of nitrogens with two attached hydrogens (primary N) is 1. The van der Waals surface area contributed by atoms with Crippen molar-refractivity contribution in [3.05, 3.63) is 71.3 Å². The van der Waals surface area contributed by atoms with Gasteiger partial charge in [0, 0.05) is 52.4 Å². The molecule has 2 aromatic carbocycles. The van der Waals surface area contributed by atoms with E-state index < -0.39 is 17.6 Å². The summed E-state index contributed by atoms with van der Waals surface area (Å²) < 4.78 is 31.7. The highest BCUT2D eigenvalue weighted by atomic mass is 19.4. The Morgan fingerprint density at radius 1 is 0.829 bits per heavy atom. The van der Waals surface area contributed by atoms with Gasteiger partial charge in [0.2, 0.25) is 5.91 Å². The number of nitrogens with one attached hydrogen (secondary N) is 1. The number of likely N-dealkylation sites (tertiary alicyclic amines) is 1. The van der Waals surface area contributed by atoms with Gasteiger partial charge in [-0.05, 0) is 49.2 Å². The lowest BCUT2D eigenvalue weighted by molar-refractivity contribution is -0.192. The molecule has 0 radical (unpaired) electrons. The van der Waals surface area contributed by atoms with E-state index in [9.17, 15) is 18.0 Å². The van der Waals surface area contributed by atoms with Crippen molar-refractivity contribution in [3.8, 4) is 0 Å². The summed E-state index contributed by atoms with van der Waals surface area (Å²) in [4.78, 5) is 29.5. The topological polar surface area (TPSA) is 102 Å². The average molecular weight is 578 g/mol. The van der Waals surface area contributed by atoms with E-state index in [-0.39, 0.29) is 5.91 Å². The lowest BCUT2D eigenvalue weighted by Crippen LogP contribution is -2.52. The summed E-state index contributed by atoms with van der Waals surface area (Å²) in [6, 6.07) is 19.2. The zero-order chi connectivity index (χ0) is 29.9. The van der Waals surface area contributed by atoms with Crippen molar-refractivity contribution in [3.63, 3.8) is 0 Å². The van der Waals surface area contributed by atoms with Crippen molar-refractivity contribution >= 4 is 11.9 Å². The van der Waals surface area contributed by atoms with Gasteiger partial charge >= 0.3 is 12.1 Å². The Bertz CT molecular complexity index is 1080. The van der Waals surface area contributed by atoms with E-state index >= 15 is 0 Å². The molecule has 0 atom stereocenters. The summed E-state index contributed by atoms with van der Waals surface area (Å²) in [7, 11) is 0. The number of piperazine rings is 1. The second-order valence-electron chi connectivity index (χ2n) is 10.8. The Kier molecular flexibility index (Phi) is 12.1. The molecule has 4 N–H and O–H groups in total. The van der Waals surface area contributed by atoms with Gasteiger partial charge in [0.25, 0.3) is 0 Å². The van der Waals surface area contributed by atoms with Crippen molar-refractivity contribution < 1.29 is 27.9 Å². The number of nitrogens with zero attached hydrogens (tertiary/aromatic N) is 3. The van der Waals surface area contributed by atoms with Crippen molar-refractivity contribution in [2.24, 2.45) is 11.1 Å². The van der Waals surface area contributed by atoms with E-state index in [2.05, 4.69) is 75.5 Å². The number of aliphatic carboxylic acids is 1. The van der Waals surface area contributed by atoms with Gasteiger partial charge in [-0.2, -0.15) is 13.2 Å². The minimum Gasteiger partial charge on any atom is -0.475 e. The zero-order valence-electron chi connectivity index (χ0n) is 23.7. The summed E-state index contributed by atoms with van der Waals surface area (Å²) >= 11 is 0. The number of carboxylic acids is 1. The number of hydrogen-bond acceptors (Lipinski definition) is 6. The quantitative estimate of drug-likeness (QED) is 0.420. The van der Waals surface area contributed by atoms with E-state index in [1.807, 2.05) is 6.07 Å². The highest BCUT2D eigenvalue weighted by Crippen LogP contribution is 2.31. The monoisotopic (exact) mass is 577 g/mol. The van der Waals surface area contributed by atoms with Gasteiger partial charge < -0.3 is 21.1 Å². The lowest BCUT2D eigenvalue weighted by atomic mass is 9.77. The molecule has 41 heavy (non-hydrogen) atoms. The smallest absolute Gasteiger partial charge is 0.475 e. The van der Waals surface area contributed by atoms with Gasteiger partial charge in [-0.25, -0.2) is 4.79 Å². The molecule has 0 spiro atoms. The highest BCUT2D eigenvalue weighted by Gasteiger charge is 2.40. The molecule has 0 aliphatic carbocycles. The van der Waals surface area contributed by atoms with Crippen LogP contribution in [-0.2, 0) is 29.2 Å². The summed E-state index contributed by atoms with van der Waals surface area (Å²) in [5.74, 6) is -2.65. The van der Waals surface area contributed by atoms with Gasteiger partial charge in [0.1, 0.15) is 0 Å². The van der Waals surface area contributed by atoms with Crippen LogP contribution in [0.1, 0.15) is 36.5 Å². The number of carboxylic acid groups (broad SMARTS) is 1. The standard InChI is InChI=1S/C28H41N5O.C2HF3O2/c1-2-31-16-18-33(19-17-31)22-26-10-8-24(9-11-26)20-30-27(34)28(23-29)12-14-32(15-13-28)21-25-6-4-3-5-7-25;3-2(4,5)1(6)7/h3-11H,2,12-23,29H2,1H3,(H,30,34);(H,6,7). The molecule has 2 aromatic rings. The van der Waals surface area contributed by atoms with Crippen LogP contribution in [0, 0.1) is 5.41 Å². The molecule has 0 bridgehead atoms. The molecule has 2 aliphatic heterocycles. The third kappa shape index (κ3) is 10.1. The Hall–Kier alpha value is -2.99. The Labute approximate surface area is 240 Å². The fraction of sp³-hybridized carbons (Fsp3) is 0.533. The van der Waals surface area contributed by atoms with Gasteiger partial charge in [0.15, 0.2) is 0 Å². The Balaban J connectivity index is 0.000000587. The fourth-order valence-electron chi connectivity index (χ4n) is 5.16. The number of benzene rings is 2. The molecule has 1 amide bonds. The summed E-state index contributed by atoms with van der Waals surface area (Å²) in [5, 5.41) is 10.3. The maximum atomic E-state index is 13.2. The number of carbonyl (C=O) groups is 2. The zero-order valence-corrected chi connectivity index (χ0v) is 23.7. The predicted octanol–water partition coefficient (Wildman–Crippen LogP) is 3.31. The van der Waals surface area contributed by atoms with Crippen molar-refractivity contribution in [2.75, 3.05) is 52.4 Å². The average Bonchev–Trinajstić information content (AvgIpc) is 2.98. The minimum absolute atomic E-state index is 0.104. The van der Waals surface area contributed by atoms with E-state index in [0.29, 0.717) is 13.1 Å². The maximum absolute atomic E-state index is 13.2. The van der Waals surface area contributed by atoms with Crippen LogP contribution < -0.4 is 11.1 Å². The van der Waals surface area contributed by atoms with Crippen LogP contribution in [0.5, 0.6) is 0 Å². The maximum Gasteiger partial charge on any atom is 0.490 e. The molecular formula is C30H42F3N5O3. The Morgan fingerprint density at radius 2 is 1.29 bits per heavy atom. The SMILES string of the molecule is CCN1CCN(Cc2ccc(CNC(=O)C3(CN)CCN(Cc4ccccc4)CC3)cc2)CC1.O=C(O)C(F)(F)F. The number of carbonyl (C=O) groups excluding carboxylic acids is 1. The second-order valence-corrected chi connectivity index (χ2v) is 10.8.